The Hall–Kier alpha value is -2.11. The summed E-state index contributed by atoms with van der Waals surface area (Å²) in [5.41, 5.74) is 5.54. The summed E-state index contributed by atoms with van der Waals surface area (Å²) in [6.45, 7) is 3.08. The second-order valence-corrected chi connectivity index (χ2v) is 3.79. The predicted octanol–water partition coefficient (Wildman–Crippen LogP) is 0.509. The Morgan fingerprint density at radius 2 is 2.17 bits per heavy atom. The summed E-state index contributed by atoms with van der Waals surface area (Å²) in [6.07, 6.45) is 2.80. The molecule has 0 atom stereocenters. The zero-order chi connectivity index (χ0) is 13.4. The standard InChI is InChI=1S/C12H18N4O2/c1-2-6-14-10(17)5-8-16-12-9(11(13)18)4-3-7-15-12/h3-4,7H,2,5-6,8H2,1H3,(H2,13,18)(H,14,17)(H,15,16). The maximum atomic E-state index is 11.3. The summed E-state index contributed by atoms with van der Waals surface area (Å²) in [6, 6.07) is 3.23. The summed E-state index contributed by atoms with van der Waals surface area (Å²) in [5.74, 6) is -0.157. The summed E-state index contributed by atoms with van der Waals surface area (Å²) in [7, 11) is 0. The Bertz CT molecular complexity index is 420. The van der Waals surface area contributed by atoms with Gasteiger partial charge in [-0.15, -0.1) is 0 Å². The average Bonchev–Trinajstić information content (AvgIpc) is 2.36. The molecule has 0 saturated carbocycles. The Kier molecular flexibility index (Phi) is 5.63. The van der Waals surface area contributed by atoms with Crippen LogP contribution in [-0.2, 0) is 4.79 Å². The van der Waals surface area contributed by atoms with Crippen molar-refractivity contribution < 1.29 is 9.59 Å². The molecule has 1 heterocycles. The lowest BCUT2D eigenvalue weighted by Gasteiger charge is -2.08. The van der Waals surface area contributed by atoms with Gasteiger partial charge < -0.3 is 16.4 Å². The molecule has 1 aromatic rings. The van der Waals surface area contributed by atoms with E-state index in [1.54, 1.807) is 18.3 Å². The highest BCUT2D eigenvalue weighted by molar-refractivity contribution is 5.97. The van der Waals surface area contributed by atoms with Crippen molar-refractivity contribution in [2.24, 2.45) is 5.73 Å². The van der Waals surface area contributed by atoms with Crippen LogP contribution in [0, 0.1) is 0 Å². The molecule has 98 valence electrons. The van der Waals surface area contributed by atoms with Gasteiger partial charge in [-0.25, -0.2) is 4.98 Å². The zero-order valence-corrected chi connectivity index (χ0v) is 10.4. The van der Waals surface area contributed by atoms with Crippen LogP contribution >= 0.6 is 0 Å². The fourth-order valence-electron chi connectivity index (χ4n) is 1.39. The fraction of sp³-hybridized carbons (Fsp3) is 0.417. The van der Waals surface area contributed by atoms with Crippen LogP contribution < -0.4 is 16.4 Å². The van der Waals surface area contributed by atoms with E-state index in [4.69, 9.17) is 5.73 Å². The van der Waals surface area contributed by atoms with Crippen LogP contribution in [0.25, 0.3) is 0 Å². The van der Waals surface area contributed by atoms with Crippen molar-refractivity contribution in [2.45, 2.75) is 19.8 Å². The minimum Gasteiger partial charge on any atom is -0.369 e. The highest BCUT2D eigenvalue weighted by Gasteiger charge is 2.08. The van der Waals surface area contributed by atoms with E-state index >= 15 is 0 Å². The van der Waals surface area contributed by atoms with E-state index in [1.165, 1.54) is 0 Å². The number of nitrogens with one attached hydrogen (secondary N) is 2. The first-order chi connectivity index (χ1) is 8.65. The average molecular weight is 250 g/mol. The quantitative estimate of drug-likeness (QED) is 0.656. The second-order valence-electron chi connectivity index (χ2n) is 3.79. The highest BCUT2D eigenvalue weighted by Crippen LogP contribution is 2.09. The summed E-state index contributed by atoms with van der Waals surface area (Å²) >= 11 is 0. The monoisotopic (exact) mass is 250 g/mol. The van der Waals surface area contributed by atoms with Crippen molar-refractivity contribution in [1.29, 1.82) is 0 Å². The number of nitrogens with zero attached hydrogens (tertiary/aromatic N) is 1. The van der Waals surface area contributed by atoms with E-state index in [-0.39, 0.29) is 5.91 Å². The number of pyridine rings is 1. The smallest absolute Gasteiger partial charge is 0.252 e. The number of anilines is 1. The van der Waals surface area contributed by atoms with Crippen LogP contribution in [0.1, 0.15) is 30.1 Å². The predicted molar refractivity (Wildman–Crippen MR) is 69.2 cm³/mol. The maximum absolute atomic E-state index is 11.3. The molecule has 18 heavy (non-hydrogen) atoms. The van der Waals surface area contributed by atoms with Crippen molar-refractivity contribution in [2.75, 3.05) is 18.4 Å². The normalized spacial score (nSPS) is 9.83. The van der Waals surface area contributed by atoms with Gasteiger partial charge in [-0.1, -0.05) is 6.92 Å². The largest absolute Gasteiger partial charge is 0.369 e. The molecule has 6 nitrogen and oxygen atoms in total. The van der Waals surface area contributed by atoms with Gasteiger partial charge >= 0.3 is 0 Å². The number of hydrogen-bond donors (Lipinski definition) is 3. The van der Waals surface area contributed by atoms with Crippen molar-refractivity contribution >= 4 is 17.6 Å². The van der Waals surface area contributed by atoms with E-state index in [1.807, 2.05) is 6.92 Å². The number of amides is 2. The van der Waals surface area contributed by atoms with Crippen LogP contribution in [0.15, 0.2) is 18.3 Å². The molecule has 0 bridgehead atoms. The SMILES string of the molecule is CCCNC(=O)CCNc1ncccc1C(N)=O. The third kappa shape index (κ3) is 4.40. The van der Waals surface area contributed by atoms with Gasteiger partial charge in [0, 0.05) is 25.7 Å². The number of carbonyl (C=O) groups is 2. The molecule has 6 heteroatoms. The molecule has 1 rings (SSSR count). The third-order valence-corrected chi connectivity index (χ3v) is 2.29. The van der Waals surface area contributed by atoms with Gasteiger partial charge in [0.1, 0.15) is 5.82 Å². The second kappa shape index (κ2) is 7.26. The molecule has 0 unspecified atom stereocenters. The van der Waals surface area contributed by atoms with Gasteiger partial charge in [-0.05, 0) is 18.6 Å². The Balaban J connectivity index is 2.44. The first-order valence-electron chi connectivity index (χ1n) is 5.90. The van der Waals surface area contributed by atoms with Crippen LogP contribution in [0.5, 0.6) is 0 Å². The molecular weight excluding hydrogens is 232 g/mol. The lowest BCUT2D eigenvalue weighted by atomic mass is 10.2. The topological polar surface area (TPSA) is 97.1 Å². The summed E-state index contributed by atoms with van der Waals surface area (Å²) in [5, 5.41) is 5.69. The lowest BCUT2D eigenvalue weighted by molar-refractivity contribution is -0.120. The Morgan fingerprint density at radius 1 is 1.39 bits per heavy atom. The molecule has 0 aliphatic rings. The first kappa shape index (κ1) is 14.0. The number of rotatable bonds is 7. The number of carbonyl (C=O) groups excluding carboxylic acids is 2. The zero-order valence-electron chi connectivity index (χ0n) is 10.4. The van der Waals surface area contributed by atoms with Crippen LogP contribution in [0.3, 0.4) is 0 Å². The van der Waals surface area contributed by atoms with Gasteiger partial charge in [-0.3, -0.25) is 9.59 Å². The van der Waals surface area contributed by atoms with Gasteiger partial charge in [0.05, 0.1) is 5.56 Å². The van der Waals surface area contributed by atoms with Crippen molar-refractivity contribution in [3.63, 3.8) is 0 Å². The molecule has 0 radical (unpaired) electrons. The maximum Gasteiger partial charge on any atom is 0.252 e. The van der Waals surface area contributed by atoms with Crippen molar-refractivity contribution in [1.82, 2.24) is 10.3 Å². The fourth-order valence-corrected chi connectivity index (χ4v) is 1.39. The van der Waals surface area contributed by atoms with Crippen LogP contribution in [0.4, 0.5) is 5.82 Å². The molecule has 0 saturated heterocycles. The van der Waals surface area contributed by atoms with Gasteiger partial charge in [0.15, 0.2) is 0 Å². The summed E-state index contributed by atoms with van der Waals surface area (Å²) in [4.78, 5) is 26.5. The number of aromatic nitrogens is 1. The van der Waals surface area contributed by atoms with Crippen molar-refractivity contribution in [3.05, 3.63) is 23.9 Å². The van der Waals surface area contributed by atoms with Crippen molar-refractivity contribution in [3.8, 4) is 0 Å². The Morgan fingerprint density at radius 3 is 2.83 bits per heavy atom. The van der Waals surface area contributed by atoms with Gasteiger partial charge in [0.25, 0.3) is 5.91 Å². The molecular formula is C12H18N4O2. The molecule has 0 aromatic carbocycles. The minimum absolute atomic E-state index is 0.0269. The van der Waals surface area contributed by atoms with E-state index in [0.717, 1.165) is 6.42 Å². The van der Waals surface area contributed by atoms with E-state index in [9.17, 15) is 9.59 Å². The highest BCUT2D eigenvalue weighted by atomic mass is 16.2. The van der Waals surface area contributed by atoms with Crippen LogP contribution in [0.2, 0.25) is 0 Å². The first-order valence-corrected chi connectivity index (χ1v) is 5.90. The van der Waals surface area contributed by atoms with E-state index in [2.05, 4.69) is 15.6 Å². The molecule has 0 spiro atoms. The van der Waals surface area contributed by atoms with E-state index < -0.39 is 5.91 Å². The van der Waals surface area contributed by atoms with Gasteiger partial charge in [-0.2, -0.15) is 0 Å². The molecule has 1 aromatic heterocycles. The molecule has 0 fully saturated rings. The molecule has 2 amide bonds. The number of primary amides is 1. The third-order valence-electron chi connectivity index (χ3n) is 2.29. The Labute approximate surface area is 106 Å². The van der Waals surface area contributed by atoms with Crippen LogP contribution in [-0.4, -0.2) is 29.9 Å². The molecule has 0 aliphatic heterocycles. The minimum atomic E-state index is -0.541. The number of nitrogens with two attached hydrogens (primary N) is 1. The molecule has 0 aliphatic carbocycles. The number of hydrogen-bond acceptors (Lipinski definition) is 4. The van der Waals surface area contributed by atoms with Gasteiger partial charge in [0.2, 0.25) is 5.91 Å². The van der Waals surface area contributed by atoms with E-state index in [0.29, 0.717) is 30.9 Å². The lowest BCUT2D eigenvalue weighted by Crippen LogP contribution is -2.26. The summed E-state index contributed by atoms with van der Waals surface area (Å²) < 4.78 is 0. The molecule has 4 N–H and O–H groups in total.